The zero-order valence-corrected chi connectivity index (χ0v) is 12.7. The molecule has 0 bridgehead atoms. The van der Waals surface area contributed by atoms with E-state index in [1.54, 1.807) is 0 Å². The number of rotatable bonds is 6. The molecule has 0 aliphatic carbocycles. The molecule has 0 spiro atoms. The first-order chi connectivity index (χ1) is 8.34. The lowest BCUT2D eigenvalue weighted by molar-refractivity contribution is -0.128. The molecule has 1 atom stereocenters. The van der Waals surface area contributed by atoms with Crippen LogP contribution in [0.2, 0.25) is 0 Å². The Kier molecular flexibility index (Phi) is 5.60. The molecule has 4 heteroatoms. The van der Waals surface area contributed by atoms with Crippen LogP contribution in [0.25, 0.3) is 0 Å². The maximum Gasteiger partial charge on any atom is 0.237 e. The van der Waals surface area contributed by atoms with Gasteiger partial charge in [-0.2, -0.15) is 0 Å². The van der Waals surface area contributed by atoms with Crippen molar-refractivity contribution in [2.45, 2.75) is 59.8 Å². The SMILES string of the molecule is CC(C)C1NCC(=O)N1CCN(C(C)C)C(C)C. The maximum absolute atomic E-state index is 11.9. The van der Waals surface area contributed by atoms with Gasteiger partial charge in [-0.1, -0.05) is 13.8 Å². The number of nitrogens with one attached hydrogen (secondary N) is 1. The van der Waals surface area contributed by atoms with E-state index in [2.05, 4.69) is 51.8 Å². The van der Waals surface area contributed by atoms with E-state index < -0.39 is 0 Å². The molecule has 1 unspecified atom stereocenters. The highest BCUT2D eigenvalue weighted by Gasteiger charge is 2.32. The zero-order chi connectivity index (χ0) is 13.9. The van der Waals surface area contributed by atoms with Gasteiger partial charge in [-0.15, -0.1) is 0 Å². The normalized spacial score (nSPS) is 21.1. The molecule has 0 aromatic heterocycles. The van der Waals surface area contributed by atoms with Gasteiger partial charge in [-0.25, -0.2) is 0 Å². The Morgan fingerprint density at radius 3 is 2.22 bits per heavy atom. The van der Waals surface area contributed by atoms with E-state index in [1.165, 1.54) is 0 Å². The molecular weight excluding hydrogens is 226 g/mol. The lowest BCUT2D eigenvalue weighted by atomic mass is 10.1. The summed E-state index contributed by atoms with van der Waals surface area (Å²) in [6.07, 6.45) is 0.207. The molecule has 18 heavy (non-hydrogen) atoms. The van der Waals surface area contributed by atoms with Gasteiger partial charge in [0.05, 0.1) is 12.7 Å². The fourth-order valence-electron chi connectivity index (χ4n) is 2.75. The van der Waals surface area contributed by atoms with Gasteiger partial charge in [0.25, 0.3) is 0 Å². The van der Waals surface area contributed by atoms with Crippen molar-refractivity contribution in [2.24, 2.45) is 5.92 Å². The highest BCUT2D eigenvalue weighted by atomic mass is 16.2. The summed E-state index contributed by atoms with van der Waals surface area (Å²) in [6.45, 7) is 15.4. The summed E-state index contributed by atoms with van der Waals surface area (Å²) in [4.78, 5) is 16.3. The van der Waals surface area contributed by atoms with Gasteiger partial charge >= 0.3 is 0 Å². The van der Waals surface area contributed by atoms with Gasteiger partial charge in [0.15, 0.2) is 0 Å². The van der Waals surface area contributed by atoms with E-state index in [1.807, 2.05) is 4.90 Å². The molecule has 1 aliphatic rings. The quantitative estimate of drug-likeness (QED) is 0.781. The van der Waals surface area contributed by atoms with Crippen LogP contribution in [-0.4, -0.2) is 53.6 Å². The van der Waals surface area contributed by atoms with E-state index >= 15 is 0 Å². The van der Waals surface area contributed by atoms with Gasteiger partial charge in [-0.05, 0) is 33.6 Å². The Bertz CT molecular complexity index is 268. The van der Waals surface area contributed by atoms with Crippen LogP contribution in [-0.2, 0) is 4.79 Å². The lowest BCUT2D eigenvalue weighted by Gasteiger charge is -2.34. The number of carbonyl (C=O) groups excluding carboxylic acids is 1. The van der Waals surface area contributed by atoms with Gasteiger partial charge in [-0.3, -0.25) is 15.0 Å². The summed E-state index contributed by atoms with van der Waals surface area (Å²) in [5.41, 5.74) is 0. The molecule has 1 amide bonds. The Morgan fingerprint density at radius 2 is 1.78 bits per heavy atom. The second-order valence-electron chi connectivity index (χ2n) is 6.08. The first kappa shape index (κ1) is 15.4. The van der Waals surface area contributed by atoms with E-state index in [4.69, 9.17) is 0 Å². The average molecular weight is 255 g/mol. The Hall–Kier alpha value is -0.610. The molecule has 1 aliphatic heterocycles. The monoisotopic (exact) mass is 255 g/mol. The van der Waals surface area contributed by atoms with E-state index in [0.717, 1.165) is 13.1 Å². The highest BCUT2D eigenvalue weighted by Crippen LogP contribution is 2.14. The van der Waals surface area contributed by atoms with Crippen molar-refractivity contribution in [2.75, 3.05) is 19.6 Å². The average Bonchev–Trinajstić information content (AvgIpc) is 2.59. The first-order valence-electron chi connectivity index (χ1n) is 7.13. The van der Waals surface area contributed by atoms with Crippen molar-refractivity contribution in [1.82, 2.24) is 15.1 Å². The van der Waals surface area contributed by atoms with Gasteiger partial charge in [0.2, 0.25) is 5.91 Å². The summed E-state index contributed by atoms with van der Waals surface area (Å²) in [5.74, 6) is 0.698. The molecule has 106 valence electrons. The smallest absolute Gasteiger partial charge is 0.237 e. The van der Waals surface area contributed by atoms with Crippen molar-refractivity contribution in [3.8, 4) is 0 Å². The summed E-state index contributed by atoms with van der Waals surface area (Å²) < 4.78 is 0. The van der Waals surface area contributed by atoms with Crippen LogP contribution in [0.1, 0.15) is 41.5 Å². The second kappa shape index (κ2) is 6.53. The number of carbonyl (C=O) groups is 1. The standard InChI is InChI=1S/C14H29N3O/c1-10(2)14-15-9-13(18)17(14)8-7-16(11(3)4)12(5)6/h10-12,14-15H,7-9H2,1-6H3. The third-order valence-corrected chi connectivity index (χ3v) is 3.68. The summed E-state index contributed by atoms with van der Waals surface area (Å²) in [5, 5.41) is 3.30. The molecule has 4 nitrogen and oxygen atoms in total. The molecule has 0 saturated carbocycles. The molecule has 1 saturated heterocycles. The van der Waals surface area contributed by atoms with Crippen LogP contribution in [0.5, 0.6) is 0 Å². The first-order valence-corrected chi connectivity index (χ1v) is 7.13. The molecule has 0 aromatic rings. The molecule has 0 aromatic carbocycles. The van der Waals surface area contributed by atoms with Crippen LogP contribution in [0.15, 0.2) is 0 Å². The molecule has 0 radical (unpaired) electrons. The minimum Gasteiger partial charge on any atom is -0.325 e. The van der Waals surface area contributed by atoms with Crippen molar-refractivity contribution >= 4 is 5.91 Å². The Morgan fingerprint density at radius 1 is 1.22 bits per heavy atom. The third-order valence-electron chi connectivity index (χ3n) is 3.68. The summed E-state index contributed by atoms with van der Waals surface area (Å²) >= 11 is 0. The van der Waals surface area contributed by atoms with Crippen molar-refractivity contribution < 1.29 is 4.79 Å². The predicted molar refractivity (Wildman–Crippen MR) is 75.3 cm³/mol. The van der Waals surface area contributed by atoms with E-state index in [9.17, 15) is 4.79 Å². The summed E-state index contributed by atoms with van der Waals surface area (Å²) in [7, 11) is 0. The minimum absolute atomic E-state index is 0.207. The minimum atomic E-state index is 0.207. The predicted octanol–water partition coefficient (Wildman–Crippen LogP) is 1.52. The van der Waals surface area contributed by atoms with Gasteiger partial charge < -0.3 is 4.90 Å². The Labute approximate surface area is 112 Å². The lowest BCUT2D eigenvalue weighted by Crippen LogP contribution is -2.47. The molecule has 1 rings (SSSR count). The molecule has 1 N–H and O–H groups in total. The third kappa shape index (κ3) is 3.69. The number of hydrogen-bond acceptors (Lipinski definition) is 3. The number of nitrogens with zero attached hydrogens (tertiary/aromatic N) is 2. The van der Waals surface area contributed by atoms with Crippen molar-refractivity contribution in [1.29, 1.82) is 0 Å². The fourth-order valence-corrected chi connectivity index (χ4v) is 2.75. The van der Waals surface area contributed by atoms with Crippen LogP contribution < -0.4 is 5.32 Å². The van der Waals surface area contributed by atoms with Gasteiger partial charge in [0, 0.05) is 25.2 Å². The number of hydrogen-bond donors (Lipinski definition) is 1. The second-order valence-corrected chi connectivity index (χ2v) is 6.08. The van der Waals surface area contributed by atoms with Crippen molar-refractivity contribution in [3.05, 3.63) is 0 Å². The topological polar surface area (TPSA) is 35.6 Å². The van der Waals surface area contributed by atoms with Crippen LogP contribution >= 0.6 is 0 Å². The van der Waals surface area contributed by atoms with Gasteiger partial charge in [0.1, 0.15) is 0 Å². The largest absolute Gasteiger partial charge is 0.325 e. The van der Waals surface area contributed by atoms with Crippen LogP contribution in [0, 0.1) is 5.92 Å². The van der Waals surface area contributed by atoms with Crippen LogP contribution in [0.4, 0.5) is 0 Å². The zero-order valence-electron chi connectivity index (χ0n) is 12.7. The Balaban J connectivity index is 2.57. The number of amides is 1. The van der Waals surface area contributed by atoms with E-state index in [0.29, 0.717) is 24.5 Å². The molecule has 1 fully saturated rings. The molecular formula is C14H29N3O. The molecule has 1 heterocycles. The maximum atomic E-state index is 11.9. The summed E-state index contributed by atoms with van der Waals surface area (Å²) in [6, 6.07) is 1.04. The highest BCUT2D eigenvalue weighted by molar-refractivity contribution is 5.80. The van der Waals surface area contributed by atoms with Crippen molar-refractivity contribution in [3.63, 3.8) is 0 Å². The van der Waals surface area contributed by atoms with Crippen LogP contribution in [0.3, 0.4) is 0 Å². The van der Waals surface area contributed by atoms with E-state index in [-0.39, 0.29) is 12.1 Å². The fraction of sp³-hybridized carbons (Fsp3) is 0.929.